The van der Waals surface area contributed by atoms with Gasteiger partial charge in [0.1, 0.15) is 0 Å². The number of carbonyl (C=O) groups excluding carboxylic acids is 2. The van der Waals surface area contributed by atoms with Crippen molar-refractivity contribution >= 4 is 104 Å². The highest BCUT2D eigenvalue weighted by Gasteiger charge is 2.20. The summed E-state index contributed by atoms with van der Waals surface area (Å²) in [7, 11) is 0. The monoisotopic (exact) mass is 630 g/mol. The third kappa shape index (κ3) is 11.6. The summed E-state index contributed by atoms with van der Waals surface area (Å²) in [6.45, 7) is 7.06. The van der Waals surface area contributed by atoms with E-state index >= 15 is 0 Å². The molecule has 0 amide bonds. The van der Waals surface area contributed by atoms with Gasteiger partial charge in [-0.15, -0.1) is 47.0 Å². The summed E-state index contributed by atoms with van der Waals surface area (Å²) in [5.74, 6) is 6.05. The second kappa shape index (κ2) is 17.8. The zero-order valence-corrected chi connectivity index (χ0v) is 26.5. The first-order chi connectivity index (χ1) is 17.6. The molecule has 2 heterocycles. The lowest BCUT2D eigenvalue weighted by Gasteiger charge is -2.12. The lowest BCUT2D eigenvalue weighted by molar-refractivity contribution is -0.107. The van der Waals surface area contributed by atoms with Gasteiger partial charge in [-0.2, -0.15) is 23.5 Å². The first kappa shape index (κ1) is 30.9. The second-order valence-corrected chi connectivity index (χ2v) is 17.2. The summed E-state index contributed by atoms with van der Waals surface area (Å²) in [5.41, 5.74) is 2.96. The Labute approximate surface area is 249 Å². The van der Waals surface area contributed by atoms with Crippen molar-refractivity contribution in [2.24, 2.45) is 0 Å². The van der Waals surface area contributed by atoms with Crippen molar-refractivity contribution in [3.05, 3.63) is 81.3 Å². The molecule has 1 aromatic carbocycles. The number of hydrogen-bond acceptors (Lipinski definition) is 10. The Kier molecular flexibility index (Phi) is 15.3. The molecule has 2 aliphatic heterocycles. The summed E-state index contributed by atoms with van der Waals surface area (Å²) >= 11 is 14.3. The first-order valence-corrected chi connectivity index (χ1v) is 19.3. The van der Waals surface area contributed by atoms with Crippen LogP contribution in [0.2, 0.25) is 0 Å². The van der Waals surface area contributed by atoms with Crippen LogP contribution >= 0.6 is 94.1 Å². The molecule has 0 bridgehead atoms. The molecule has 0 spiro atoms. The fraction of sp³-hybridized carbons (Fsp3) is 0.385. The number of carbonyl (C=O) groups is 2. The number of aryl methyl sites for hydroxylation is 2. The minimum Gasteiger partial charge on any atom is -0.282 e. The topological polar surface area (TPSA) is 34.1 Å². The molecule has 2 atom stereocenters. The van der Waals surface area contributed by atoms with Crippen LogP contribution in [-0.2, 0) is 22.4 Å². The maximum Gasteiger partial charge on any atom is 0.211 e. The molecule has 0 saturated carbocycles. The van der Waals surface area contributed by atoms with Gasteiger partial charge in [-0.3, -0.25) is 9.59 Å². The highest BCUT2D eigenvalue weighted by molar-refractivity contribution is 8.25. The summed E-state index contributed by atoms with van der Waals surface area (Å²) in [6, 6.07) is 8.89. The average Bonchev–Trinajstić information content (AvgIpc) is 3.56. The second-order valence-electron chi connectivity index (χ2n) is 7.58. The van der Waals surface area contributed by atoms with Gasteiger partial charge in [0.2, 0.25) is 10.2 Å². The van der Waals surface area contributed by atoms with E-state index in [0.717, 1.165) is 47.4 Å². The smallest absolute Gasteiger partial charge is 0.211 e. The molecule has 0 aliphatic carbocycles. The van der Waals surface area contributed by atoms with Crippen LogP contribution in [0.25, 0.3) is 0 Å². The summed E-state index contributed by atoms with van der Waals surface area (Å²) in [5, 5.41) is 4.53. The Bertz CT molecular complexity index is 897. The van der Waals surface area contributed by atoms with Crippen LogP contribution in [0.15, 0.2) is 70.2 Å². The van der Waals surface area contributed by atoms with Crippen LogP contribution in [0.5, 0.6) is 0 Å². The van der Waals surface area contributed by atoms with Crippen LogP contribution in [0, 0.1) is 0 Å². The Morgan fingerprint density at radius 3 is 1.64 bits per heavy atom. The molecule has 0 aromatic heterocycles. The van der Waals surface area contributed by atoms with Gasteiger partial charge in [0.05, 0.1) is 9.16 Å². The van der Waals surface area contributed by atoms with Gasteiger partial charge in [-0.25, -0.2) is 0 Å². The number of hydrogen-bond donors (Lipinski definition) is 0. The Morgan fingerprint density at radius 2 is 1.22 bits per heavy atom. The van der Waals surface area contributed by atoms with E-state index in [-0.39, 0.29) is 10.2 Å². The Balaban J connectivity index is 1.27. The molecule has 36 heavy (non-hydrogen) atoms. The first-order valence-electron chi connectivity index (χ1n) is 11.4. The summed E-state index contributed by atoms with van der Waals surface area (Å²) in [6.07, 6.45) is 5.00. The predicted molar refractivity (Wildman–Crippen MR) is 178 cm³/mol. The van der Waals surface area contributed by atoms with E-state index in [2.05, 4.69) is 48.2 Å². The minimum atomic E-state index is 0.0479. The van der Waals surface area contributed by atoms with Gasteiger partial charge in [-0.1, -0.05) is 60.9 Å². The molecule has 0 saturated heterocycles. The number of benzene rings is 1. The molecule has 1 aromatic rings. The van der Waals surface area contributed by atoms with Crippen molar-refractivity contribution in [2.75, 3.05) is 34.5 Å². The molecule has 194 valence electrons. The summed E-state index contributed by atoms with van der Waals surface area (Å²) < 4.78 is 1.11. The highest BCUT2D eigenvalue weighted by atomic mass is 32.2. The van der Waals surface area contributed by atoms with Crippen LogP contribution in [-0.4, -0.2) is 53.9 Å². The minimum absolute atomic E-state index is 0.0479. The quantitative estimate of drug-likeness (QED) is 0.131. The third-order valence-electron chi connectivity index (χ3n) is 4.97. The van der Waals surface area contributed by atoms with Crippen molar-refractivity contribution in [2.45, 2.75) is 22.0 Å². The van der Waals surface area contributed by atoms with Crippen molar-refractivity contribution in [3.63, 3.8) is 0 Å². The van der Waals surface area contributed by atoms with Gasteiger partial charge >= 0.3 is 0 Å². The van der Waals surface area contributed by atoms with Crippen LogP contribution in [0.4, 0.5) is 0 Å². The fourth-order valence-electron chi connectivity index (χ4n) is 3.21. The molecule has 3 rings (SSSR count). The van der Waals surface area contributed by atoms with Crippen LogP contribution < -0.4 is 0 Å². The SMILES string of the molecule is C=CC(=O)SCC1=CSC(CSCCc2ccccc2CCSCC2SC=C(CSC(=O)C=C)S2)S1. The Morgan fingerprint density at radius 1 is 0.778 bits per heavy atom. The average molecular weight is 631 g/mol. The van der Waals surface area contributed by atoms with E-state index in [0.29, 0.717) is 9.16 Å². The highest BCUT2D eigenvalue weighted by Crippen LogP contribution is 2.43. The zero-order chi connectivity index (χ0) is 25.6. The molecular weight excluding hydrogens is 601 g/mol. The standard InChI is InChI=1S/C26H30O2S8/c1-3-23(27)31-13-21-15-33-25(35-21)17-29-11-9-19-7-5-6-8-20(19)10-12-30-18-26-34-16-22(36-26)14-32-24(28)4-2/h3-8,15-16,25-26H,1-2,9-14,17-18H2. The number of thioether (sulfide) groups is 8. The Hall–Kier alpha value is 0.320. The molecular formula is C26H30O2S8. The van der Waals surface area contributed by atoms with Gasteiger partial charge < -0.3 is 0 Å². The molecule has 0 N–H and O–H groups in total. The molecule has 0 fully saturated rings. The van der Waals surface area contributed by atoms with E-state index in [1.165, 1.54) is 56.6 Å². The lowest BCUT2D eigenvalue weighted by Crippen LogP contribution is -2.03. The largest absolute Gasteiger partial charge is 0.282 e. The molecule has 2 aliphatic rings. The van der Waals surface area contributed by atoms with Crippen molar-refractivity contribution in [1.29, 1.82) is 0 Å². The van der Waals surface area contributed by atoms with Crippen LogP contribution in [0.3, 0.4) is 0 Å². The maximum atomic E-state index is 11.4. The lowest BCUT2D eigenvalue weighted by atomic mass is 10.0. The zero-order valence-electron chi connectivity index (χ0n) is 19.9. The molecule has 2 unspecified atom stereocenters. The van der Waals surface area contributed by atoms with Gasteiger partial charge in [0.25, 0.3) is 0 Å². The van der Waals surface area contributed by atoms with E-state index < -0.39 is 0 Å². The third-order valence-corrected chi connectivity index (χ3v) is 15.4. The summed E-state index contributed by atoms with van der Waals surface area (Å²) in [4.78, 5) is 25.4. The molecule has 0 radical (unpaired) electrons. The van der Waals surface area contributed by atoms with E-state index in [4.69, 9.17) is 0 Å². The van der Waals surface area contributed by atoms with Crippen molar-refractivity contribution in [1.82, 2.24) is 0 Å². The molecule has 2 nitrogen and oxygen atoms in total. The maximum absolute atomic E-state index is 11.4. The van der Waals surface area contributed by atoms with E-state index in [9.17, 15) is 9.59 Å². The van der Waals surface area contributed by atoms with Gasteiger partial charge in [0.15, 0.2) is 0 Å². The molecule has 10 heteroatoms. The van der Waals surface area contributed by atoms with Gasteiger partial charge in [0, 0.05) is 32.8 Å². The predicted octanol–water partition coefficient (Wildman–Crippen LogP) is 8.42. The van der Waals surface area contributed by atoms with Crippen molar-refractivity contribution < 1.29 is 9.59 Å². The normalized spacial score (nSPS) is 19.1. The van der Waals surface area contributed by atoms with E-state index in [1.54, 1.807) is 0 Å². The fourth-order valence-corrected chi connectivity index (χ4v) is 12.8. The van der Waals surface area contributed by atoms with Crippen molar-refractivity contribution in [3.8, 4) is 0 Å². The van der Waals surface area contributed by atoms with Crippen LogP contribution in [0.1, 0.15) is 11.1 Å². The van der Waals surface area contributed by atoms with E-state index in [1.807, 2.05) is 70.6 Å². The number of rotatable bonds is 16. The van der Waals surface area contributed by atoms with Gasteiger partial charge in [-0.05, 0) is 58.4 Å².